The van der Waals surface area contributed by atoms with Crippen molar-refractivity contribution in [2.24, 2.45) is 0 Å². The van der Waals surface area contributed by atoms with Gasteiger partial charge in [-0.3, -0.25) is 4.79 Å². The molecule has 0 saturated heterocycles. The Morgan fingerprint density at radius 1 is 1.20 bits per heavy atom. The number of para-hydroxylation sites is 2. The number of carbonyl (C=O) groups is 1. The van der Waals surface area contributed by atoms with Gasteiger partial charge < -0.3 is 19.5 Å². The number of methoxy groups -OCH3 is 1. The monoisotopic (exact) mass is 425 g/mol. The van der Waals surface area contributed by atoms with Crippen molar-refractivity contribution >= 4 is 17.5 Å². The third-order valence-electron chi connectivity index (χ3n) is 4.62. The van der Waals surface area contributed by atoms with Crippen molar-refractivity contribution in [2.75, 3.05) is 20.3 Å². The highest BCUT2D eigenvalue weighted by molar-refractivity contribution is 6.31. The van der Waals surface area contributed by atoms with Crippen LogP contribution in [0.15, 0.2) is 54.9 Å². The molecule has 1 aliphatic rings. The zero-order valence-corrected chi connectivity index (χ0v) is 17.1. The third-order valence-corrected chi connectivity index (χ3v) is 4.84. The van der Waals surface area contributed by atoms with Crippen LogP contribution in [0.4, 0.5) is 0 Å². The summed E-state index contributed by atoms with van der Waals surface area (Å²) >= 11 is 6.27. The van der Waals surface area contributed by atoms with E-state index in [0.29, 0.717) is 41.1 Å². The summed E-state index contributed by atoms with van der Waals surface area (Å²) in [6.45, 7) is 0.227. The van der Waals surface area contributed by atoms with Gasteiger partial charge in [0.15, 0.2) is 23.9 Å². The van der Waals surface area contributed by atoms with Crippen molar-refractivity contribution in [3.05, 3.63) is 65.4 Å². The summed E-state index contributed by atoms with van der Waals surface area (Å²) in [4.78, 5) is 20.8. The van der Waals surface area contributed by atoms with Gasteiger partial charge in [0.25, 0.3) is 5.91 Å². The summed E-state index contributed by atoms with van der Waals surface area (Å²) in [5, 5.41) is 3.44. The Morgan fingerprint density at radius 3 is 2.73 bits per heavy atom. The lowest BCUT2D eigenvalue weighted by molar-refractivity contribution is -0.123. The number of rotatable bonds is 7. The molecule has 1 N–H and O–H groups in total. The van der Waals surface area contributed by atoms with Gasteiger partial charge in [-0.05, 0) is 30.3 Å². The largest absolute Gasteiger partial charge is 0.493 e. The maximum absolute atomic E-state index is 12.2. The summed E-state index contributed by atoms with van der Waals surface area (Å²) in [5.41, 5.74) is 1.71. The third kappa shape index (κ3) is 4.46. The van der Waals surface area contributed by atoms with Gasteiger partial charge >= 0.3 is 0 Å². The molecule has 154 valence electrons. The van der Waals surface area contributed by atoms with Crippen molar-refractivity contribution in [1.82, 2.24) is 15.3 Å². The maximum Gasteiger partial charge on any atom is 0.258 e. The Balaban J connectivity index is 1.36. The fourth-order valence-corrected chi connectivity index (χ4v) is 3.51. The van der Waals surface area contributed by atoms with E-state index in [1.165, 1.54) is 0 Å². The molecule has 0 radical (unpaired) electrons. The minimum atomic E-state index is -0.245. The van der Waals surface area contributed by atoms with Crippen molar-refractivity contribution < 1.29 is 19.0 Å². The van der Waals surface area contributed by atoms with Gasteiger partial charge in [-0.2, -0.15) is 0 Å². The van der Waals surface area contributed by atoms with E-state index in [1.807, 2.05) is 18.2 Å². The summed E-state index contributed by atoms with van der Waals surface area (Å²) in [5.74, 6) is 2.10. The molecule has 1 unspecified atom stereocenters. The van der Waals surface area contributed by atoms with Crippen LogP contribution in [0.5, 0.6) is 17.2 Å². The van der Waals surface area contributed by atoms with Crippen LogP contribution in [0.3, 0.4) is 0 Å². The average Bonchev–Trinajstić information content (AvgIpc) is 3.19. The van der Waals surface area contributed by atoms with Gasteiger partial charge in [-0.1, -0.05) is 23.7 Å². The molecular formula is C22H20ClN3O4. The van der Waals surface area contributed by atoms with Crippen LogP contribution >= 0.6 is 11.6 Å². The van der Waals surface area contributed by atoms with Gasteiger partial charge in [-0.15, -0.1) is 0 Å². The molecule has 0 bridgehead atoms. The van der Waals surface area contributed by atoms with Gasteiger partial charge in [0, 0.05) is 29.4 Å². The molecule has 0 spiro atoms. The Hall–Kier alpha value is -3.32. The lowest BCUT2D eigenvalue weighted by atomic mass is 10.1. The maximum atomic E-state index is 12.2. The second-order valence-corrected chi connectivity index (χ2v) is 7.14. The second-order valence-electron chi connectivity index (χ2n) is 6.70. The van der Waals surface area contributed by atoms with Crippen molar-refractivity contribution in [3.8, 4) is 28.6 Å². The standard InChI is InChI=1S/C22H20ClN3O4/c1-28-18-5-2-3-6-19(18)29-13-20(27)26-12-16-10-14-9-15(23)11-17(21(14)30-16)22-24-7-4-8-25-22/h2-9,11,16H,10,12-13H2,1H3,(H,26,27). The first-order valence-corrected chi connectivity index (χ1v) is 9.81. The van der Waals surface area contributed by atoms with Crippen LogP contribution in [0.1, 0.15) is 5.56 Å². The molecule has 1 atom stereocenters. The van der Waals surface area contributed by atoms with Crippen LogP contribution < -0.4 is 19.5 Å². The molecule has 1 aliphatic heterocycles. The number of halogens is 1. The highest BCUT2D eigenvalue weighted by Gasteiger charge is 2.27. The molecule has 0 aliphatic carbocycles. The van der Waals surface area contributed by atoms with E-state index in [2.05, 4.69) is 15.3 Å². The molecule has 0 saturated carbocycles. The fraction of sp³-hybridized carbons (Fsp3) is 0.227. The van der Waals surface area contributed by atoms with Crippen LogP contribution in [-0.4, -0.2) is 42.2 Å². The average molecular weight is 426 g/mol. The molecular weight excluding hydrogens is 406 g/mol. The van der Waals surface area contributed by atoms with Gasteiger partial charge in [0.2, 0.25) is 0 Å². The number of nitrogens with one attached hydrogen (secondary N) is 1. The van der Waals surface area contributed by atoms with Gasteiger partial charge in [0.1, 0.15) is 11.9 Å². The highest BCUT2D eigenvalue weighted by Crippen LogP contribution is 2.39. The number of fused-ring (bicyclic) bond motifs is 1. The van der Waals surface area contributed by atoms with E-state index >= 15 is 0 Å². The molecule has 0 fully saturated rings. The number of hydrogen-bond acceptors (Lipinski definition) is 6. The second kappa shape index (κ2) is 9.00. The van der Waals surface area contributed by atoms with E-state index < -0.39 is 0 Å². The number of benzene rings is 2. The van der Waals surface area contributed by atoms with Crippen molar-refractivity contribution in [3.63, 3.8) is 0 Å². The molecule has 4 rings (SSSR count). The fourth-order valence-electron chi connectivity index (χ4n) is 3.27. The topological polar surface area (TPSA) is 82.6 Å². The van der Waals surface area contributed by atoms with Crippen molar-refractivity contribution in [2.45, 2.75) is 12.5 Å². The summed E-state index contributed by atoms with van der Waals surface area (Å²) in [7, 11) is 1.55. The lowest BCUT2D eigenvalue weighted by Gasteiger charge is -2.14. The summed E-state index contributed by atoms with van der Waals surface area (Å²) in [6, 6.07) is 12.6. The van der Waals surface area contributed by atoms with E-state index in [-0.39, 0.29) is 18.6 Å². The number of hydrogen-bond donors (Lipinski definition) is 1. The first-order valence-electron chi connectivity index (χ1n) is 9.43. The van der Waals surface area contributed by atoms with Crippen LogP contribution in [0.2, 0.25) is 5.02 Å². The summed E-state index contributed by atoms with van der Waals surface area (Å²) in [6.07, 6.45) is 3.76. The molecule has 1 aromatic heterocycles. The zero-order valence-electron chi connectivity index (χ0n) is 16.3. The molecule has 2 aromatic carbocycles. The number of nitrogens with zero attached hydrogens (tertiary/aromatic N) is 2. The molecule has 3 aromatic rings. The number of amides is 1. The molecule has 2 heterocycles. The Morgan fingerprint density at radius 2 is 1.97 bits per heavy atom. The minimum Gasteiger partial charge on any atom is -0.493 e. The quantitative estimate of drug-likeness (QED) is 0.625. The first kappa shape index (κ1) is 20.0. The molecule has 8 heteroatoms. The van der Waals surface area contributed by atoms with E-state index in [9.17, 15) is 4.79 Å². The molecule has 1 amide bonds. The predicted octanol–water partition coefficient (Wildman–Crippen LogP) is 3.30. The predicted molar refractivity (Wildman–Crippen MR) is 112 cm³/mol. The Labute approximate surface area is 179 Å². The number of ether oxygens (including phenoxy) is 3. The van der Waals surface area contributed by atoms with E-state index in [1.54, 1.807) is 43.8 Å². The normalized spacial score (nSPS) is 14.5. The van der Waals surface area contributed by atoms with Gasteiger partial charge in [-0.25, -0.2) is 9.97 Å². The Bertz CT molecular complexity index is 1050. The minimum absolute atomic E-state index is 0.116. The first-order chi connectivity index (χ1) is 14.6. The number of aromatic nitrogens is 2. The van der Waals surface area contributed by atoms with Gasteiger partial charge in [0.05, 0.1) is 19.2 Å². The lowest BCUT2D eigenvalue weighted by Crippen LogP contribution is -2.37. The number of carbonyl (C=O) groups excluding carboxylic acids is 1. The van der Waals surface area contributed by atoms with Crippen LogP contribution in [-0.2, 0) is 11.2 Å². The van der Waals surface area contributed by atoms with E-state index in [4.69, 9.17) is 25.8 Å². The summed E-state index contributed by atoms with van der Waals surface area (Å²) < 4.78 is 16.8. The molecule has 7 nitrogen and oxygen atoms in total. The van der Waals surface area contributed by atoms with Crippen molar-refractivity contribution in [1.29, 1.82) is 0 Å². The van der Waals surface area contributed by atoms with E-state index in [0.717, 1.165) is 11.1 Å². The molecule has 30 heavy (non-hydrogen) atoms. The van der Waals surface area contributed by atoms with Crippen LogP contribution in [0, 0.1) is 0 Å². The highest BCUT2D eigenvalue weighted by atomic mass is 35.5. The van der Waals surface area contributed by atoms with Crippen LogP contribution in [0.25, 0.3) is 11.4 Å². The SMILES string of the molecule is COc1ccccc1OCC(=O)NCC1Cc2cc(Cl)cc(-c3ncccn3)c2O1. The smallest absolute Gasteiger partial charge is 0.258 e. The Kier molecular flexibility index (Phi) is 5.99. The zero-order chi connectivity index (χ0) is 20.9.